The minimum absolute atomic E-state index is 0.119. The number of aromatic carboxylic acids is 1. The Morgan fingerprint density at radius 2 is 2.25 bits per heavy atom. The number of aromatic nitrogens is 3. The Labute approximate surface area is 118 Å². The fraction of sp³-hybridized carbons (Fsp3) is 0.0714. The SMILES string of the molecule is Cc1csc(C#Cc2ccc3ncc(C(=O)O)n3c2)n1. The molecule has 0 unspecified atom stereocenters. The molecule has 20 heavy (non-hydrogen) atoms. The molecule has 0 spiro atoms. The highest BCUT2D eigenvalue weighted by Crippen LogP contribution is 2.10. The number of pyridine rings is 1. The maximum Gasteiger partial charge on any atom is 0.354 e. The summed E-state index contributed by atoms with van der Waals surface area (Å²) in [6, 6.07) is 3.55. The summed E-state index contributed by atoms with van der Waals surface area (Å²) in [7, 11) is 0. The van der Waals surface area contributed by atoms with Crippen molar-refractivity contribution in [3.8, 4) is 11.8 Å². The molecule has 0 radical (unpaired) electrons. The third-order valence-electron chi connectivity index (χ3n) is 2.66. The first kappa shape index (κ1) is 12.4. The molecule has 3 aromatic rings. The van der Waals surface area contributed by atoms with Crippen molar-refractivity contribution in [1.82, 2.24) is 14.4 Å². The van der Waals surface area contributed by atoms with Gasteiger partial charge in [0.15, 0.2) is 10.7 Å². The number of aryl methyl sites for hydroxylation is 1. The second kappa shape index (κ2) is 4.79. The van der Waals surface area contributed by atoms with Gasteiger partial charge in [0.25, 0.3) is 0 Å². The lowest BCUT2D eigenvalue weighted by Gasteiger charge is -1.97. The summed E-state index contributed by atoms with van der Waals surface area (Å²) in [6.45, 7) is 1.92. The van der Waals surface area contributed by atoms with Gasteiger partial charge in [0.2, 0.25) is 0 Å². The van der Waals surface area contributed by atoms with Gasteiger partial charge in [-0.25, -0.2) is 14.8 Å². The van der Waals surface area contributed by atoms with Crippen LogP contribution in [0.4, 0.5) is 0 Å². The number of carbonyl (C=O) groups is 1. The monoisotopic (exact) mass is 283 g/mol. The molecule has 0 fully saturated rings. The van der Waals surface area contributed by atoms with E-state index in [1.165, 1.54) is 21.9 Å². The zero-order chi connectivity index (χ0) is 14.1. The molecule has 0 aliphatic carbocycles. The van der Waals surface area contributed by atoms with Crippen LogP contribution < -0.4 is 0 Å². The number of hydrogen-bond acceptors (Lipinski definition) is 4. The summed E-state index contributed by atoms with van der Waals surface area (Å²) in [6.07, 6.45) is 3.00. The highest BCUT2D eigenvalue weighted by molar-refractivity contribution is 7.10. The molecular formula is C14H9N3O2S. The van der Waals surface area contributed by atoms with Crippen LogP contribution in [0.25, 0.3) is 5.65 Å². The van der Waals surface area contributed by atoms with Gasteiger partial charge in [-0.15, -0.1) is 11.3 Å². The number of nitrogens with zero attached hydrogens (tertiary/aromatic N) is 3. The average molecular weight is 283 g/mol. The van der Waals surface area contributed by atoms with Crippen LogP contribution in [-0.4, -0.2) is 25.4 Å². The first-order chi connectivity index (χ1) is 9.63. The van der Waals surface area contributed by atoms with Crippen LogP contribution in [0.2, 0.25) is 0 Å². The van der Waals surface area contributed by atoms with E-state index in [1.54, 1.807) is 18.3 Å². The van der Waals surface area contributed by atoms with Crippen molar-refractivity contribution in [3.63, 3.8) is 0 Å². The molecule has 0 atom stereocenters. The topological polar surface area (TPSA) is 67.5 Å². The Balaban J connectivity index is 2.02. The summed E-state index contributed by atoms with van der Waals surface area (Å²) >= 11 is 1.48. The van der Waals surface area contributed by atoms with Crippen molar-refractivity contribution in [2.24, 2.45) is 0 Å². The molecule has 0 bridgehead atoms. The van der Waals surface area contributed by atoms with Gasteiger partial charge in [-0.05, 0) is 25.0 Å². The summed E-state index contributed by atoms with van der Waals surface area (Å²) in [5.74, 6) is 4.93. The molecule has 1 N–H and O–H groups in total. The highest BCUT2D eigenvalue weighted by atomic mass is 32.1. The summed E-state index contributed by atoms with van der Waals surface area (Å²) in [4.78, 5) is 19.3. The third kappa shape index (κ3) is 2.27. The fourth-order valence-electron chi connectivity index (χ4n) is 1.75. The predicted octanol–water partition coefficient (Wildman–Crippen LogP) is 2.20. The molecule has 3 heterocycles. The summed E-state index contributed by atoms with van der Waals surface area (Å²) < 4.78 is 1.51. The van der Waals surface area contributed by atoms with Crippen molar-refractivity contribution in [2.45, 2.75) is 6.92 Å². The first-order valence-electron chi connectivity index (χ1n) is 5.78. The molecule has 0 aliphatic rings. The van der Waals surface area contributed by atoms with Crippen LogP contribution >= 0.6 is 11.3 Å². The quantitative estimate of drug-likeness (QED) is 0.695. The van der Waals surface area contributed by atoms with Crippen LogP contribution in [-0.2, 0) is 0 Å². The lowest BCUT2D eigenvalue weighted by atomic mass is 10.3. The number of carboxylic acid groups (broad SMARTS) is 1. The lowest BCUT2D eigenvalue weighted by molar-refractivity contribution is 0.0689. The van der Waals surface area contributed by atoms with Gasteiger partial charge in [0.1, 0.15) is 5.65 Å². The van der Waals surface area contributed by atoms with Gasteiger partial charge in [-0.1, -0.05) is 5.92 Å². The summed E-state index contributed by atoms with van der Waals surface area (Å²) in [5, 5.41) is 11.7. The van der Waals surface area contributed by atoms with Crippen LogP contribution in [0, 0.1) is 18.8 Å². The number of imidazole rings is 1. The van der Waals surface area contributed by atoms with E-state index in [1.807, 2.05) is 12.3 Å². The van der Waals surface area contributed by atoms with E-state index in [0.717, 1.165) is 10.7 Å². The van der Waals surface area contributed by atoms with Crippen molar-refractivity contribution >= 4 is 23.0 Å². The average Bonchev–Trinajstić information content (AvgIpc) is 3.01. The van der Waals surface area contributed by atoms with Gasteiger partial charge in [0.05, 0.1) is 6.20 Å². The van der Waals surface area contributed by atoms with Crippen LogP contribution in [0.1, 0.15) is 26.8 Å². The zero-order valence-corrected chi connectivity index (χ0v) is 11.3. The predicted molar refractivity (Wildman–Crippen MR) is 75.0 cm³/mol. The smallest absolute Gasteiger partial charge is 0.354 e. The minimum atomic E-state index is -1.02. The van der Waals surface area contributed by atoms with Crippen LogP contribution in [0.3, 0.4) is 0 Å². The van der Waals surface area contributed by atoms with Crippen molar-refractivity contribution in [1.29, 1.82) is 0 Å². The molecule has 0 aromatic carbocycles. The molecular weight excluding hydrogens is 274 g/mol. The van der Waals surface area contributed by atoms with Gasteiger partial charge in [-0.2, -0.15) is 0 Å². The fourth-order valence-corrected chi connectivity index (χ4v) is 2.39. The molecule has 0 saturated carbocycles. The highest BCUT2D eigenvalue weighted by Gasteiger charge is 2.09. The molecule has 98 valence electrons. The van der Waals surface area contributed by atoms with Gasteiger partial charge in [0, 0.05) is 22.8 Å². The number of carboxylic acids is 1. The van der Waals surface area contributed by atoms with Gasteiger partial charge < -0.3 is 5.11 Å². The Kier molecular flexibility index (Phi) is 2.97. The van der Waals surface area contributed by atoms with Gasteiger partial charge in [-0.3, -0.25) is 4.40 Å². The van der Waals surface area contributed by atoms with E-state index >= 15 is 0 Å². The minimum Gasteiger partial charge on any atom is -0.477 e. The van der Waals surface area contributed by atoms with E-state index < -0.39 is 5.97 Å². The maximum absolute atomic E-state index is 11.1. The first-order valence-corrected chi connectivity index (χ1v) is 6.66. The molecule has 3 rings (SSSR count). The molecule has 0 aliphatic heterocycles. The van der Waals surface area contributed by atoms with Gasteiger partial charge >= 0.3 is 5.97 Å². The maximum atomic E-state index is 11.1. The number of hydrogen-bond donors (Lipinski definition) is 1. The van der Waals surface area contributed by atoms with Crippen molar-refractivity contribution < 1.29 is 9.90 Å². The third-order valence-corrected chi connectivity index (χ3v) is 3.53. The van der Waals surface area contributed by atoms with E-state index in [-0.39, 0.29) is 5.69 Å². The number of fused-ring (bicyclic) bond motifs is 1. The standard InChI is InChI=1S/C14H9N3O2S/c1-9-8-20-13(16-9)5-3-10-2-4-12-15-6-11(14(18)19)17(12)7-10/h2,4,6-8H,1H3,(H,18,19). The Morgan fingerprint density at radius 3 is 2.95 bits per heavy atom. The summed E-state index contributed by atoms with van der Waals surface area (Å²) in [5.41, 5.74) is 2.36. The second-order valence-corrected chi connectivity index (χ2v) is 5.00. The molecule has 0 saturated heterocycles. The Bertz CT molecular complexity index is 867. The van der Waals surface area contributed by atoms with Crippen LogP contribution in [0.5, 0.6) is 0 Å². The van der Waals surface area contributed by atoms with Crippen LogP contribution in [0.15, 0.2) is 29.9 Å². The Hall–Kier alpha value is -2.65. The second-order valence-electron chi connectivity index (χ2n) is 4.14. The van der Waals surface area contributed by atoms with Crippen molar-refractivity contribution in [2.75, 3.05) is 0 Å². The zero-order valence-electron chi connectivity index (χ0n) is 10.5. The number of rotatable bonds is 1. The van der Waals surface area contributed by atoms with E-state index in [2.05, 4.69) is 21.8 Å². The molecule has 6 heteroatoms. The Morgan fingerprint density at radius 1 is 1.40 bits per heavy atom. The lowest BCUT2D eigenvalue weighted by Crippen LogP contribution is -2.01. The molecule has 5 nitrogen and oxygen atoms in total. The number of thiazole rings is 1. The van der Waals surface area contributed by atoms with E-state index in [4.69, 9.17) is 5.11 Å². The van der Waals surface area contributed by atoms with Crippen molar-refractivity contribution in [3.05, 3.63) is 51.9 Å². The van der Waals surface area contributed by atoms with E-state index in [0.29, 0.717) is 11.2 Å². The molecule has 3 aromatic heterocycles. The molecule has 0 amide bonds. The normalized spacial score (nSPS) is 10.2. The largest absolute Gasteiger partial charge is 0.477 e. The van der Waals surface area contributed by atoms with E-state index in [9.17, 15) is 4.79 Å².